The monoisotopic (exact) mass is 462 g/mol. The van der Waals surface area contributed by atoms with Crippen molar-refractivity contribution in [2.24, 2.45) is 0 Å². The minimum Gasteiger partial charge on any atom is -0.493 e. The first-order valence-electron chi connectivity index (χ1n) is 9.71. The summed E-state index contributed by atoms with van der Waals surface area (Å²) in [6.45, 7) is 0. The first-order valence-corrected chi connectivity index (χ1v) is 10.5. The predicted molar refractivity (Wildman–Crippen MR) is 124 cm³/mol. The molecule has 0 unspecified atom stereocenters. The summed E-state index contributed by atoms with van der Waals surface area (Å²) in [5.74, 6) is 1.92. The number of hydrogen-bond acceptors (Lipinski definition) is 5. The highest BCUT2D eigenvalue weighted by molar-refractivity contribution is 6.34. The largest absolute Gasteiger partial charge is 0.493 e. The van der Waals surface area contributed by atoms with Crippen molar-refractivity contribution in [2.45, 2.75) is 19.3 Å². The van der Waals surface area contributed by atoms with E-state index >= 15 is 0 Å². The molecule has 1 fully saturated rings. The number of carbonyl (C=O) groups excluding carboxylic acids is 1. The highest BCUT2D eigenvalue weighted by atomic mass is 35.5. The van der Waals surface area contributed by atoms with Crippen LogP contribution in [0.1, 0.15) is 30.4 Å². The number of ketones is 1. The van der Waals surface area contributed by atoms with Crippen molar-refractivity contribution in [1.82, 2.24) is 0 Å². The highest BCUT2D eigenvalue weighted by Gasteiger charge is 2.23. The molecule has 0 heterocycles. The number of Topliss-reactive ketones (excluding diaryl/α,β-unsaturated/α-hetero) is 1. The van der Waals surface area contributed by atoms with Gasteiger partial charge in [-0.1, -0.05) is 23.2 Å². The van der Waals surface area contributed by atoms with Gasteiger partial charge >= 0.3 is 0 Å². The van der Waals surface area contributed by atoms with Gasteiger partial charge in [0, 0.05) is 11.1 Å². The molecule has 1 aliphatic carbocycles. The predicted octanol–water partition coefficient (Wildman–Crippen LogP) is 6.25. The summed E-state index contributed by atoms with van der Waals surface area (Å²) in [6, 6.07) is 7.16. The summed E-state index contributed by atoms with van der Waals surface area (Å²) in [5.41, 5.74) is 2.77. The molecule has 0 atom stereocenters. The molecule has 0 amide bonds. The Balaban J connectivity index is 1.98. The molecule has 0 aromatic heterocycles. The van der Waals surface area contributed by atoms with E-state index in [9.17, 15) is 4.79 Å². The standard InChI is InChI=1S/C24H24Cl2O5/c1-28-18-10-8-14(20(25)23(18)30-3)12-16-6-5-7-17(22(16)27)13-15-9-11-19(29-2)24(31-4)21(15)26/h8-13H,5-7H2,1-4H3/b16-12+,17-13+. The Labute approximate surface area is 192 Å². The maximum absolute atomic E-state index is 13.2. The molecule has 0 radical (unpaired) electrons. The molecule has 0 spiro atoms. The SMILES string of the molecule is COc1ccc(/C=C2\CCC/C(=C\c3ccc(OC)c(OC)c3Cl)C2=O)c(Cl)c1OC. The van der Waals surface area contributed by atoms with Crippen LogP contribution in [0, 0.1) is 0 Å². The molecule has 7 heteroatoms. The third kappa shape index (κ3) is 4.68. The van der Waals surface area contributed by atoms with Gasteiger partial charge in [-0.25, -0.2) is 0 Å². The van der Waals surface area contributed by atoms with E-state index in [4.69, 9.17) is 42.1 Å². The zero-order valence-electron chi connectivity index (χ0n) is 17.9. The summed E-state index contributed by atoms with van der Waals surface area (Å²) in [4.78, 5) is 13.2. The van der Waals surface area contributed by atoms with Gasteiger partial charge in [-0.05, 0) is 66.8 Å². The first-order chi connectivity index (χ1) is 14.9. The molecule has 0 N–H and O–H groups in total. The lowest BCUT2D eigenvalue weighted by molar-refractivity contribution is -0.112. The van der Waals surface area contributed by atoms with Gasteiger partial charge < -0.3 is 18.9 Å². The summed E-state index contributed by atoms with van der Waals surface area (Å²) in [5, 5.41) is 0.808. The lowest BCUT2D eigenvalue weighted by Gasteiger charge is -2.18. The van der Waals surface area contributed by atoms with Crippen LogP contribution in [0.3, 0.4) is 0 Å². The van der Waals surface area contributed by atoms with Crippen LogP contribution in [0.5, 0.6) is 23.0 Å². The number of ether oxygens (including phenoxy) is 4. The number of carbonyl (C=O) groups is 1. The van der Waals surface area contributed by atoms with E-state index in [1.54, 1.807) is 26.4 Å². The van der Waals surface area contributed by atoms with Crippen molar-refractivity contribution in [3.05, 3.63) is 56.6 Å². The molecule has 1 saturated carbocycles. The second-order valence-electron chi connectivity index (χ2n) is 6.93. The van der Waals surface area contributed by atoms with Crippen LogP contribution in [0.4, 0.5) is 0 Å². The lowest BCUT2D eigenvalue weighted by Crippen LogP contribution is -2.12. The van der Waals surface area contributed by atoms with Gasteiger partial charge in [-0.2, -0.15) is 0 Å². The molecule has 0 bridgehead atoms. The van der Waals surface area contributed by atoms with Crippen molar-refractivity contribution >= 4 is 41.1 Å². The van der Waals surface area contributed by atoms with Crippen LogP contribution in [0.2, 0.25) is 10.0 Å². The molecule has 2 aromatic rings. The van der Waals surface area contributed by atoms with E-state index < -0.39 is 0 Å². The minimum atomic E-state index is -0.0250. The van der Waals surface area contributed by atoms with Crippen LogP contribution in [-0.4, -0.2) is 34.2 Å². The van der Waals surface area contributed by atoms with Crippen LogP contribution < -0.4 is 18.9 Å². The van der Waals surface area contributed by atoms with Crippen LogP contribution >= 0.6 is 23.2 Å². The first kappa shape index (κ1) is 23.0. The minimum absolute atomic E-state index is 0.0250. The Bertz CT molecular complexity index is 975. The average molecular weight is 463 g/mol. The van der Waals surface area contributed by atoms with Gasteiger partial charge in [0.25, 0.3) is 0 Å². The van der Waals surface area contributed by atoms with Gasteiger partial charge in [0.1, 0.15) is 0 Å². The quantitative estimate of drug-likeness (QED) is 0.474. The van der Waals surface area contributed by atoms with Crippen LogP contribution in [0.15, 0.2) is 35.4 Å². The molecule has 0 saturated heterocycles. The summed E-state index contributed by atoms with van der Waals surface area (Å²) >= 11 is 13.0. The lowest BCUT2D eigenvalue weighted by atomic mass is 9.86. The summed E-state index contributed by atoms with van der Waals surface area (Å²) < 4.78 is 21.3. The van der Waals surface area contributed by atoms with Gasteiger partial charge in [-0.3, -0.25) is 4.79 Å². The van der Waals surface area contributed by atoms with Crippen LogP contribution in [-0.2, 0) is 4.79 Å². The van der Waals surface area contributed by atoms with E-state index in [-0.39, 0.29) is 5.78 Å². The Morgan fingerprint density at radius 1 is 0.710 bits per heavy atom. The number of methoxy groups -OCH3 is 4. The van der Waals surface area contributed by atoms with Gasteiger partial charge in [0.2, 0.25) is 0 Å². The molecule has 164 valence electrons. The van der Waals surface area contributed by atoms with E-state index in [0.29, 0.717) is 68.2 Å². The molecule has 1 aliphatic rings. The number of hydrogen-bond donors (Lipinski definition) is 0. The molecule has 2 aromatic carbocycles. The van der Waals surface area contributed by atoms with Crippen molar-refractivity contribution in [3.8, 4) is 23.0 Å². The third-order valence-electron chi connectivity index (χ3n) is 5.16. The molecule has 31 heavy (non-hydrogen) atoms. The van der Waals surface area contributed by atoms with E-state index in [1.165, 1.54) is 14.2 Å². The second kappa shape index (κ2) is 10.1. The van der Waals surface area contributed by atoms with Gasteiger partial charge in [-0.15, -0.1) is 0 Å². The molecule has 5 nitrogen and oxygen atoms in total. The number of halogens is 2. The fraction of sp³-hybridized carbons (Fsp3) is 0.292. The fourth-order valence-electron chi connectivity index (χ4n) is 3.59. The average Bonchev–Trinajstić information content (AvgIpc) is 2.78. The number of benzene rings is 2. The normalized spacial score (nSPS) is 16.5. The third-order valence-corrected chi connectivity index (χ3v) is 5.94. The van der Waals surface area contributed by atoms with Crippen molar-refractivity contribution in [2.75, 3.05) is 28.4 Å². The number of rotatable bonds is 6. The Kier molecular flexibility index (Phi) is 7.52. The topological polar surface area (TPSA) is 54.0 Å². The molecule has 0 aliphatic heterocycles. The maximum Gasteiger partial charge on any atom is 0.185 e. The molecular weight excluding hydrogens is 439 g/mol. The van der Waals surface area contributed by atoms with E-state index in [2.05, 4.69) is 0 Å². The second-order valence-corrected chi connectivity index (χ2v) is 7.69. The molecular formula is C24H24Cl2O5. The zero-order valence-corrected chi connectivity index (χ0v) is 19.4. The Morgan fingerprint density at radius 2 is 1.13 bits per heavy atom. The fourth-order valence-corrected chi connectivity index (χ4v) is 4.16. The van der Waals surface area contributed by atoms with Crippen molar-refractivity contribution < 1.29 is 23.7 Å². The zero-order chi connectivity index (χ0) is 22.5. The molecule has 3 rings (SSSR count). The van der Waals surface area contributed by atoms with Gasteiger partial charge in [0.05, 0.1) is 38.5 Å². The van der Waals surface area contributed by atoms with Crippen molar-refractivity contribution in [3.63, 3.8) is 0 Å². The van der Waals surface area contributed by atoms with E-state index in [0.717, 1.165) is 6.42 Å². The number of allylic oxidation sites excluding steroid dienone is 2. The van der Waals surface area contributed by atoms with E-state index in [1.807, 2.05) is 24.3 Å². The smallest absolute Gasteiger partial charge is 0.185 e. The highest BCUT2D eigenvalue weighted by Crippen LogP contribution is 2.41. The van der Waals surface area contributed by atoms with Crippen molar-refractivity contribution in [1.29, 1.82) is 0 Å². The Morgan fingerprint density at radius 3 is 1.48 bits per heavy atom. The maximum atomic E-state index is 13.2. The summed E-state index contributed by atoms with van der Waals surface area (Å²) in [7, 11) is 6.15. The van der Waals surface area contributed by atoms with Crippen LogP contribution in [0.25, 0.3) is 12.2 Å². The Hall–Kier alpha value is -2.63. The summed E-state index contributed by atoms with van der Waals surface area (Å²) in [6.07, 6.45) is 5.81. The van der Waals surface area contributed by atoms with Gasteiger partial charge in [0.15, 0.2) is 28.8 Å².